The van der Waals surface area contributed by atoms with Gasteiger partial charge < -0.3 is 5.11 Å². The van der Waals surface area contributed by atoms with E-state index in [1.165, 1.54) is 18.5 Å². The molecule has 0 aromatic carbocycles. The zero-order valence-electron chi connectivity index (χ0n) is 5.11. The summed E-state index contributed by atoms with van der Waals surface area (Å²) < 4.78 is 0. The van der Waals surface area contributed by atoms with Crippen molar-refractivity contribution in [3.63, 3.8) is 0 Å². The molecule has 54 valence electrons. The molecule has 0 saturated heterocycles. The van der Waals surface area contributed by atoms with E-state index in [0.717, 1.165) is 0 Å². The Morgan fingerprint density at radius 2 is 2.30 bits per heavy atom. The van der Waals surface area contributed by atoms with Crippen molar-refractivity contribution in [3.8, 4) is 0 Å². The van der Waals surface area contributed by atoms with E-state index in [-0.39, 0.29) is 22.6 Å². The normalized spacial score (nSPS) is 8.00. The summed E-state index contributed by atoms with van der Waals surface area (Å²) in [6, 6.07) is 3.08. The molecule has 0 aliphatic heterocycles. The van der Waals surface area contributed by atoms with Crippen LogP contribution in [0, 0.1) is 0 Å². The zero-order chi connectivity index (χ0) is 6.69. The van der Waals surface area contributed by atoms with Gasteiger partial charge in [-0.3, -0.25) is 4.98 Å². The van der Waals surface area contributed by atoms with E-state index in [0.29, 0.717) is 0 Å². The summed E-state index contributed by atoms with van der Waals surface area (Å²) in [6.07, 6.45) is 2.84. The van der Waals surface area contributed by atoms with Crippen LogP contribution < -0.4 is 0 Å². The summed E-state index contributed by atoms with van der Waals surface area (Å²) in [7, 11) is 0. The molecule has 0 aliphatic carbocycles. The van der Waals surface area contributed by atoms with E-state index in [4.69, 9.17) is 5.11 Å². The number of carboxylic acids is 1. The summed E-state index contributed by atoms with van der Waals surface area (Å²) in [5.41, 5.74) is 0.220. The van der Waals surface area contributed by atoms with E-state index in [1.807, 2.05) is 0 Å². The van der Waals surface area contributed by atoms with E-state index < -0.39 is 5.97 Å². The van der Waals surface area contributed by atoms with Gasteiger partial charge in [-0.25, -0.2) is 4.79 Å². The van der Waals surface area contributed by atoms with Gasteiger partial charge in [-0.2, -0.15) is 0 Å². The number of hydrogen-bond acceptors (Lipinski definition) is 2. The van der Waals surface area contributed by atoms with Crippen LogP contribution in [0.1, 0.15) is 10.4 Å². The Labute approximate surface area is 68.6 Å². The Hall–Kier alpha value is -0.861. The van der Waals surface area contributed by atoms with E-state index in [2.05, 4.69) is 4.98 Å². The molecule has 0 aliphatic rings. The Kier molecular flexibility index (Phi) is 3.69. The Morgan fingerprint density at radius 1 is 1.60 bits per heavy atom. The van der Waals surface area contributed by atoms with Gasteiger partial charge in [0.15, 0.2) is 0 Å². The molecule has 1 N–H and O–H groups in total. The standard InChI is InChI=1S/C6H5NO2.H2Se/c8-6(9)5-2-1-3-7-4-5;/h1-4H,(H,8,9);1H2. The summed E-state index contributed by atoms with van der Waals surface area (Å²) in [4.78, 5) is 13.8. The molecule has 0 amide bonds. The molecule has 0 saturated carbocycles. The molecular formula is C6H7NO2Se. The van der Waals surface area contributed by atoms with Crippen molar-refractivity contribution in [2.45, 2.75) is 0 Å². The number of carbonyl (C=O) groups is 1. The third-order valence-corrected chi connectivity index (χ3v) is 0.908. The summed E-state index contributed by atoms with van der Waals surface area (Å²) >= 11 is 0. The molecule has 0 fully saturated rings. The second-order valence-corrected chi connectivity index (χ2v) is 1.55. The monoisotopic (exact) mass is 205 g/mol. The number of nitrogens with zero attached hydrogens (tertiary/aromatic N) is 1. The number of pyridine rings is 1. The summed E-state index contributed by atoms with van der Waals surface area (Å²) in [6.45, 7) is 0. The number of aromatic nitrogens is 1. The molecule has 10 heavy (non-hydrogen) atoms. The molecule has 1 heterocycles. The fraction of sp³-hybridized carbons (Fsp3) is 0. The van der Waals surface area contributed by atoms with Crippen LogP contribution in [-0.2, 0) is 0 Å². The Bertz CT molecular complexity index is 212. The van der Waals surface area contributed by atoms with Crippen LogP contribution in [0.4, 0.5) is 0 Å². The van der Waals surface area contributed by atoms with Gasteiger partial charge in [0, 0.05) is 12.4 Å². The molecule has 0 atom stereocenters. The first-order valence-corrected chi connectivity index (χ1v) is 2.44. The average molecular weight is 204 g/mol. The molecule has 3 nitrogen and oxygen atoms in total. The molecule has 0 radical (unpaired) electrons. The Morgan fingerprint density at radius 3 is 2.60 bits per heavy atom. The number of carboxylic acid groups (broad SMARTS) is 1. The van der Waals surface area contributed by atoms with Gasteiger partial charge >= 0.3 is 23.0 Å². The zero-order valence-corrected chi connectivity index (χ0v) is 7.21. The van der Waals surface area contributed by atoms with Crippen molar-refractivity contribution in [1.29, 1.82) is 0 Å². The van der Waals surface area contributed by atoms with Crippen LogP contribution in [0.15, 0.2) is 24.5 Å². The fourth-order valence-corrected chi connectivity index (χ4v) is 0.489. The topological polar surface area (TPSA) is 50.2 Å². The second-order valence-electron chi connectivity index (χ2n) is 1.55. The number of aromatic carboxylic acids is 1. The molecule has 0 spiro atoms. The summed E-state index contributed by atoms with van der Waals surface area (Å²) in [5.74, 6) is -0.942. The predicted molar refractivity (Wildman–Crippen MR) is 39.7 cm³/mol. The fourth-order valence-electron chi connectivity index (χ4n) is 0.489. The third-order valence-electron chi connectivity index (χ3n) is 0.908. The second kappa shape index (κ2) is 4.04. The van der Waals surface area contributed by atoms with Gasteiger partial charge in [0.25, 0.3) is 0 Å². The van der Waals surface area contributed by atoms with E-state index in [1.54, 1.807) is 6.07 Å². The van der Waals surface area contributed by atoms with Gasteiger partial charge in [0.05, 0.1) is 5.56 Å². The minimum absolute atomic E-state index is 0. The van der Waals surface area contributed by atoms with Gasteiger partial charge in [-0.15, -0.1) is 0 Å². The van der Waals surface area contributed by atoms with Gasteiger partial charge in [-0.1, -0.05) is 0 Å². The van der Waals surface area contributed by atoms with Crippen LogP contribution in [0.3, 0.4) is 0 Å². The maximum absolute atomic E-state index is 10.2. The van der Waals surface area contributed by atoms with Crippen molar-refractivity contribution < 1.29 is 9.90 Å². The molecule has 1 rings (SSSR count). The van der Waals surface area contributed by atoms with Crippen LogP contribution in [0.25, 0.3) is 0 Å². The van der Waals surface area contributed by atoms with Gasteiger partial charge in [0.2, 0.25) is 0 Å². The molecule has 0 unspecified atom stereocenters. The van der Waals surface area contributed by atoms with Crippen molar-refractivity contribution in [2.75, 3.05) is 0 Å². The molecule has 0 bridgehead atoms. The van der Waals surface area contributed by atoms with Crippen molar-refractivity contribution in [3.05, 3.63) is 30.1 Å². The number of hydrogen-bond donors (Lipinski definition) is 1. The van der Waals surface area contributed by atoms with Crippen molar-refractivity contribution in [1.82, 2.24) is 4.98 Å². The van der Waals surface area contributed by atoms with Crippen molar-refractivity contribution in [2.24, 2.45) is 0 Å². The first-order valence-electron chi connectivity index (χ1n) is 2.44. The van der Waals surface area contributed by atoms with Crippen LogP contribution in [0.5, 0.6) is 0 Å². The average Bonchev–Trinajstić information content (AvgIpc) is 1.90. The quantitative estimate of drug-likeness (QED) is 0.648. The van der Waals surface area contributed by atoms with Crippen LogP contribution >= 0.6 is 0 Å². The predicted octanol–water partition coefficient (Wildman–Crippen LogP) is -0.136. The molecule has 1 aromatic rings. The minimum atomic E-state index is -0.942. The van der Waals surface area contributed by atoms with Crippen LogP contribution in [-0.4, -0.2) is 33.1 Å². The first-order chi connectivity index (χ1) is 4.30. The van der Waals surface area contributed by atoms with E-state index >= 15 is 0 Å². The third kappa shape index (κ3) is 2.17. The van der Waals surface area contributed by atoms with Gasteiger partial charge in [-0.05, 0) is 12.1 Å². The SMILES string of the molecule is O=C(O)c1cccnc1.[SeH2]. The van der Waals surface area contributed by atoms with E-state index in [9.17, 15) is 4.79 Å². The number of rotatable bonds is 1. The molecule has 1 aromatic heterocycles. The molecule has 4 heteroatoms. The van der Waals surface area contributed by atoms with Crippen LogP contribution in [0.2, 0.25) is 0 Å². The maximum atomic E-state index is 10.2. The Balaban J connectivity index is 0.000000810. The molecular weight excluding hydrogens is 197 g/mol. The van der Waals surface area contributed by atoms with Gasteiger partial charge in [0.1, 0.15) is 0 Å². The summed E-state index contributed by atoms with van der Waals surface area (Å²) in [5, 5.41) is 8.34. The first kappa shape index (κ1) is 9.14. The van der Waals surface area contributed by atoms with Crippen molar-refractivity contribution >= 4 is 23.0 Å².